The van der Waals surface area contributed by atoms with Crippen LogP contribution in [0, 0.1) is 0 Å². The van der Waals surface area contributed by atoms with E-state index in [4.69, 9.17) is 11.6 Å². The number of carbonyl (C=O) groups is 2. The molecule has 1 N–H and O–H groups in total. The van der Waals surface area contributed by atoms with Crippen molar-refractivity contribution in [2.75, 3.05) is 11.9 Å². The Labute approximate surface area is 133 Å². The number of benzene rings is 2. The molecule has 22 heavy (non-hydrogen) atoms. The van der Waals surface area contributed by atoms with Gasteiger partial charge in [-0.1, -0.05) is 48.0 Å². The van der Waals surface area contributed by atoms with Crippen molar-refractivity contribution >= 4 is 29.1 Å². The molecular formula is C17H15ClN2O2. The Kier molecular flexibility index (Phi) is 3.86. The molecule has 1 heterocycles. The zero-order chi connectivity index (χ0) is 15.7. The highest BCUT2D eigenvalue weighted by atomic mass is 35.5. The quantitative estimate of drug-likeness (QED) is 0.878. The van der Waals surface area contributed by atoms with E-state index in [1.165, 1.54) is 6.92 Å². The van der Waals surface area contributed by atoms with Crippen LogP contribution in [0.1, 0.15) is 24.1 Å². The molecule has 1 aliphatic heterocycles. The van der Waals surface area contributed by atoms with Crippen LogP contribution in [0.5, 0.6) is 0 Å². The second-order valence-electron chi connectivity index (χ2n) is 5.24. The summed E-state index contributed by atoms with van der Waals surface area (Å²) in [6, 6.07) is 14.7. The largest absolute Gasteiger partial charge is 0.324 e. The first-order valence-corrected chi connectivity index (χ1v) is 7.35. The third kappa shape index (κ3) is 2.70. The van der Waals surface area contributed by atoms with Gasteiger partial charge in [0, 0.05) is 23.2 Å². The van der Waals surface area contributed by atoms with Gasteiger partial charge in [-0.15, -0.1) is 0 Å². The van der Waals surface area contributed by atoms with Gasteiger partial charge in [-0.3, -0.25) is 9.59 Å². The van der Waals surface area contributed by atoms with Gasteiger partial charge >= 0.3 is 0 Å². The fourth-order valence-corrected chi connectivity index (χ4v) is 2.94. The van der Waals surface area contributed by atoms with Gasteiger partial charge in [-0.05, 0) is 17.7 Å². The normalized spacial score (nSPS) is 17.5. The van der Waals surface area contributed by atoms with E-state index in [1.54, 1.807) is 17.0 Å². The molecule has 0 bridgehead atoms. The minimum Gasteiger partial charge on any atom is -0.324 e. The molecule has 2 aromatic rings. The Balaban J connectivity index is 2.21. The van der Waals surface area contributed by atoms with Crippen molar-refractivity contribution in [1.29, 1.82) is 0 Å². The summed E-state index contributed by atoms with van der Waals surface area (Å²) in [5, 5.41) is 3.37. The van der Waals surface area contributed by atoms with Gasteiger partial charge in [-0.2, -0.15) is 0 Å². The minimum absolute atomic E-state index is 0.0151. The van der Waals surface area contributed by atoms with E-state index in [0.717, 1.165) is 11.1 Å². The van der Waals surface area contributed by atoms with Crippen LogP contribution in [0.3, 0.4) is 0 Å². The van der Waals surface area contributed by atoms with Gasteiger partial charge in [0.05, 0.1) is 6.04 Å². The van der Waals surface area contributed by atoms with Crippen molar-refractivity contribution in [3.63, 3.8) is 0 Å². The summed E-state index contributed by atoms with van der Waals surface area (Å²) < 4.78 is 0. The van der Waals surface area contributed by atoms with Crippen LogP contribution in [0.4, 0.5) is 5.69 Å². The van der Waals surface area contributed by atoms with Crippen LogP contribution in [-0.4, -0.2) is 23.3 Å². The van der Waals surface area contributed by atoms with Crippen molar-refractivity contribution in [3.8, 4) is 0 Å². The van der Waals surface area contributed by atoms with Crippen LogP contribution in [0.15, 0.2) is 48.5 Å². The maximum absolute atomic E-state index is 12.1. The molecule has 0 fully saturated rings. The van der Waals surface area contributed by atoms with Gasteiger partial charge < -0.3 is 10.2 Å². The summed E-state index contributed by atoms with van der Waals surface area (Å²) in [4.78, 5) is 25.8. The standard InChI is InChI=1S/C17H15ClN2O2/c1-11(21)20-10-16(22)19-15-9-13(18)7-8-14(15)17(20)12-5-3-2-4-6-12/h2-9,17H,10H2,1H3,(H,19,22)/t17-/m0/s1. The van der Waals surface area contributed by atoms with Crippen molar-refractivity contribution in [2.45, 2.75) is 13.0 Å². The average molecular weight is 315 g/mol. The fraction of sp³-hybridized carbons (Fsp3) is 0.176. The fourth-order valence-electron chi connectivity index (χ4n) is 2.77. The zero-order valence-corrected chi connectivity index (χ0v) is 12.8. The summed E-state index contributed by atoms with van der Waals surface area (Å²) in [6.45, 7) is 1.49. The Morgan fingerprint density at radius 2 is 1.95 bits per heavy atom. The first kappa shape index (κ1) is 14.6. The molecule has 1 atom stereocenters. The molecule has 0 radical (unpaired) electrons. The summed E-state index contributed by atoms with van der Waals surface area (Å²) in [7, 11) is 0. The molecular weight excluding hydrogens is 300 g/mol. The lowest BCUT2D eigenvalue weighted by molar-refractivity contribution is -0.134. The van der Waals surface area contributed by atoms with Crippen molar-refractivity contribution in [3.05, 3.63) is 64.7 Å². The summed E-state index contributed by atoms with van der Waals surface area (Å²) >= 11 is 6.04. The molecule has 5 heteroatoms. The third-order valence-electron chi connectivity index (χ3n) is 3.73. The van der Waals surface area contributed by atoms with Crippen LogP contribution < -0.4 is 5.32 Å². The molecule has 3 rings (SSSR count). The third-order valence-corrected chi connectivity index (χ3v) is 3.96. The number of amides is 2. The first-order valence-electron chi connectivity index (χ1n) is 6.97. The van der Waals surface area contributed by atoms with Crippen molar-refractivity contribution < 1.29 is 9.59 Å². The number of rotatable bonds is 1. The Hall–Kier alpha value is -2.33. The number of nitrogens with zero attached hydrogens (tertiary/aromatic N) is 1. The molecule has 0 saturated heterocycles. The lowest BCUT2D eigenvalue weighted by Crippen LogP contribution is -2.37. The molecule has 1 aliphatic rings. The average Bonchev–Trinajstić information content (AvgIpc) is 2.63. The zero-order valence-electron chi connectivity index (χ0n) is 12.0. The molecule has 0 aliphatic carbocycles. The molecule has 0 spiro atoms. The molecule has 2 aromatic carbocycles. The second-order valence-corrected chi connectivity index (χ2v) is 5.68. The van der Waals surface area contributed by atoms with Crippen LogP contribution in [0.2, 0.25) is 5.02 Å². The van der Waals surface area contributed by atoms with Gasteiger partial charge in [0.1, 0.15) is 6.54 Å². The predicted molar refractivity (Wildman–Crippen MR) is 85.8 cm³/mol. The Morgan fingerprint density at radius 3 is 2.64 bits per heavy atom. The van der Waals surface area contributed by atoms with E-state index in [2.05, 4.69) is 5.32 Å². The van der Waals surface area contributed by atoms with Crippen LogP contribution in [0.25, 0.3) is 0 Å². The highest BCUT2D eigenvalue weighted by Crippen LogP contribution is 2.36. The number of carbonyl (C=O) groups excluding carboxylic acids is 2. The van der Waals surface area contributed by atoms with Gasteiger partial charge in [-0.25, -0.2) is 0 Å². The smallest absolute Gasteiger partial charge is 0.244 e. The van der Waals surface area contributed by atoms with Gasteiger partial charge in [0.2, 0.25) is 11.8 Å². The SMILES string of the molecule is CC(=O)N1CC(=O)Nc2cc(Cl)ccc2[C@@H]1c1ccccc1. The van der Waals surface area contributed by atoms with Crippen LogP contribution in [-0.2, 0) is 9.59 Å². The number of fused-ring (bicyclic) bond motifs is 1. The number of anilines is 1. The number of halogens is 1. The summed E-state index contributed by atoms with van der Waals surface area (Å²) in [5.74, 6) is -0.371. The van der Waals surface area contributed by atoms with E-state index < -0.39 is 0 Å². The van der Waals surface area contributed by atoms with E-state index in [-0.39, 0.29) is 24.4 Å². The predicted octanol–water partition coefficient (Wildman–Crippen LogP) is 3.23. The molecule has 2 amide bonds. The van der Waals surface area contributed by atoms with E-state index in [1.807, 2.05) is 36.4 Å². The summed E-state index contributed by atoms with van der Waals surface area (Å²) in [6.07, 6.45) is 0. The minimum atomic E-state index is -0.315. The Morgan fingerprint density at radius 1 is 1.23 bits per heavy atom. The van der Waals surface area contributed by atoms with Crippen LogP contribution >= 0.6 is 11.6 Å². The molecule has 0 saturated carbocycles. The van der Waals surface area contributed by atoms with Crippen molar-refractivity contribution in [2.24, 2.45) is 0 Å². The highest BCUT2D eigenvalue weighted by Gasteiger charge is 2.31. The highest BCUT2D eigenvalue weighted by molar-refractivity contribution is 6.31. The number of hydrogen-bond acceptors (Lipinski definition) is 2. The lowest BCUT2D eigenvalue weighted by atomic mass is 9.96. The van der Waals surface area contributed by atoms with Gasteiger partial charge in [0.25, 0.3) is 0 Å². The number of hydrogen-bond donors (Lipinski definition) is 1. The molecule has 4 nitrogen and oxygen atoms in total. The molecule has 112 valence electrons. The second kappa shape index (κ2) is 5.81. The molecule has 0 unspecified atom stereocenters. The monoisotopic (exact) mass is 314 g/mol. The topological polar surface area (TPSA) is 49.4 Å². The lowest BCUT2D eigenvalue weighted by Gasteiger charge is -2.29. The molecule has 0 aromatic heterocycles. The van der Waals surface area contributed by atoms with E-state index in [0.29, 0.717) is 10.7 Å². The maximum atomic E-state index is 12.1. The first-order chi connectivity index (χ1) is 10.6. The maximum Gasteiger partial charge on any atom is 0.244 e. The van der Waals surface area contributed by atoms with Gasteiger partial charge in [0.15, 0.2) is 0 Å². The van der Waals surface area contributed by atoms with Crippen molar-refractivity contribution in [1.82, 2.24) is 4.90 Å². The van der Waals surface area contributed by atoms with E-state index in [9.17, 15) is 9.59 Å². The van der Waals surface area contributed by atoms with E-state index >= 15 is 0 Å². The number of nitrogens with one attached hydrogen (secondary N) is 1. The summed E-state index contributed by atoms with van der Waals surface area (Å²) in [5.41, 5.74) is 2.46. The Bertz CT molecular complexity index is 731.